The molecule has 0 aliphatic heterocycles. The van der Waals surface area contributed by atoms with Crippen molar-refractivity contribution in [2.45, 2.75) is 0 Å². The molecule has 0 amide bonds. The number of hydrogen-bond donors (Lipinski definition) is 0. The zero-order chi connectivity index (χ0) is 4.50. The summed E-state index contributed by atoms with van der Waals surface area (Å²) in [4.78, 5) is 0. The molecule has 0 saturated carbocycles. The van der Waals surface area contributed by atoms with Gasteiger partial charge in [0.1, 0.15) is 0 Å². The van der Waals surface area contributed by atoms with Crippen LogP contribution in [0, 0.1) is 0 Å². The summed E-state index contributed by atoms with van der Waals surface area (Å²) in [6, 6.07) is 0. The molecule has 5 heteroatoms. The summed E-state index contributed by atoms with van der Waals surface area (Å²) < 4.78 is 0. The Bertz CT molecular complexity index is 53.0. The Morgan fingerprint density at radius 3 is 1.20 bits per heavy atom. The Morgan fingerprint density at radius 2 is 1.20 bits per heavy atom. The van der Waals surface area contributed by atoms with Gasteiger partial charge in [-0.3, -0.25) is 0 Å². The Labute approximate surface area is 49.2 Å². The van der Waals surface area contributed by atoms with Crippen molar-refractivity contribution in [3.8, 4) is 0 Å². The van der Waals surface area contributed by atoms with E-state index in [0.29, 0.717) is 0 Å². The molecule has 5 heavy (non-hydrogen) atoms. The molecule has 0 fully saturated rings. The summed E-state index contributed by atoms with van der Waals surface area (Å²) in [7, 11) is 16.8. The van der Waals surface area contributed by atoms with E-state index in [4.69, 9.17) is 30.4 Å². The molecule has 0 aromatic rings. The normalized spacial score (nSPS) is 15.0. The van der Waals surface area contributed by atoms with E-state index in [1.54, 1.807) is 0 Å². The number of rotatable bonds is 0. The van der Waals surface area contributed by atoms with E-state index in [0.717, 1.165) is 0 Å². The molecule has 0 N–H and O–H groups in total. The van der Waals surface area contributed by atoms with Crippen molar-refractivity contribution >= 4 is 41.0 Å². The Morgan fingerprint density at radius 1 is 1.20 bits per heavy atom. The molecule has 0 spiro atoms. The van der Waals surface area contributed by atoms with Gasteiger partial charge in [0.05, 0.1) is 0 Å². The van der Waals surface area contributed by atoms with Gasteiger partial charge in [0.2, 0.25) is 0 Å². The molecule has 0 unspecified atom stereocenters. The van der Waals surface area contributed by atoms with Crippen molar-refractivity contribution in [2.75, 3.05) is 0 Å². The predicted octanol–water partition coefficient (Wildman–Crippen LogP) is 2.71. The molecule has 0 bridgehead atoms. The minimum atomic E-state index is -2.37. The van der Waals surface area contributed by atoms with Crippen LogP contribution < -0.4 is 0 Å². The average molecular weight is 197 g/mol. The van der Waals surface area contributed by atoms with Crippen LogP contribution in [0.4, 0.5) is 0 Å². The van der Waals surface area contributed by atoms with Gasteiger partial charge in [0.15, 0.2) is 0 Å². The predicted molar refractivity (Wildman–Crippen MR) is 25.1 cm³/mol. The molecule has 0 saturated heterocycles. The summed E-state index contributed by atoms with van der Waals surface area (Å²) in [5.41, 5.74) is 0. The van der Waals surface area contributed by atoms with Crippen LogP contribution in [-0.4, -0.2) is 0 Å². The monoisotopic (exact) mass is 196 g/mol. The molecule has 36 valence electrons. The van der Waals surface area contributed by atoms with Crippen LogP contribution in [-0.2, 0) is 8.29 Å². The molecule has 0 aromatic heterocycles. The van der Waals surface area contributed by atoms with Crippen molar-refractivity contribution < 1.29 is 8.29 Å². The van der Waals surface area contributed by atoms with Crippen LogP contribution in [0.5, 0.6) is 0 Å². The van der Waals surface area contributed by atoms with Gasteiger partial charge in [-0.25, -0.2) is 0 Å². The Balaban J connectivity index is 3.47. The van der Waals surface area contributed by atoms with Gasteiger partial charge in [-0.2, -0.15) is 0 Å². The van der Waals surface area contributed by atoms with Gasteiger partial charge in [0, 0.05) is 0 Å². The third-order valence-electron chi connectivity index (χ3n) is 0. The van der Waals surface area contributed by atoms with Gasteiger partial charge in [-0.05, 0) is 0 Å². The Kier molecular flexibility index (Phi) is 2.70. The molecule has 0 aliphatic rings. The van der Waals surface area contributed by atoms with Gasteiger partial charge in [-0.15, -0.1) is 0 Å². The molecular formula is Cl3CoS. The summed E-state index contributed by atoms with van der Waals surface area (Å²) in [6.07, 6.45) is 0. The number of hydrogen-bond acceptors (Lipinski definition) is 1. The fourth-order valence-corrected chi connectivity index (χ4v) is 0. The minimum absolute atomic E-state index is 2.37. The summed E-state index contributed by atoms with van der Waals surface area (Å²) >= 11 is 0. The van der Waals surface area contributed by atoms with E-state index in [-0.39, 0.29) is 0 Å². The van der Waals surface area contributed by atoms with Crippen LogP contribution >= 0.6 is 41.0 Å². The second kappa shape index (κ2) is 2.05. The van der Waals surface area contributed by atoms with Crippen molar-refractivity contribution in [3.05, 3.63) is 0 Å². The average Bonchev–Trinajstić information content (AvgIpc) is 0.722. The topological polar surface area (TPSA) is 0 Å². The van der Waals surface area contributed by atoms with Crippen molar-refractivity contribution in [2.24, 2.45) is 0 Å². The van der Waals surface area contributed by atoms with E-state index in [2.05, 4.69) is 10.6 Å². The van der Waals surface area contributed by atoms with Crippen molar-refractivity contribution in [3.63, 3.8) is 0 Å². The van der Waals surface area contributed by atoms with E-state index >= 15 is 0 Å². The maximum atomic E-state index is 4.99. The Hall–Kier alpha value is 1.60. The fourth-order valence-electron chi connectivity index (χ4n) is 0. The van der Waals surface area contributed by atoms with Gasteiger partial charge < -0.3 is 0 Å². The van der Waals surface area contributed by atoms with E-state index < -0.39 is 8.29 Å². The molecule has 0 aromatic carbocycles. The molecule has 0 nitrogen and oxygen atoms in total. The SMILES string of the molecule is [S]=[Co]([Cl])([Cl])[Cl]. The van der Waals surface area contributed by atoms with Crippen LogP contribution in [0.3, 0.4) is 0 Å². The number of halogens is 3. The van der Waals surface area contributed by atoms with Crippen molar-refractivity contribution in [1.82, 2.24) is 0 Å². The molecule has 0 aliphatic carbocycles. The third-order valence-corrected chi connectivity index (χ3v) is 0. The van der Waals surface area contributed by atoms with Gasteiger partial charge >= 0.3 is 49.3 Å². The summed E-state index contributed by atoms with van der Waals surface area (Å²) in [5, 5.41) is 0. The standard InChI is InChI=1S/3ClH.Co.S/h3*1H;;/q;;;+3;/p-3. The van der Waals surface area contributed by atoms with Crippen LogP contribution in [0.15, 0.2) is 0 Å². The van der Waals surface area contributed by atoms with Crippen molar-refractivity contribution in [1.29, 1.82) is 0 Å². The first-order chi connectivity index (χ1) is 2.00. The molecule has 0 radical (unpaired) electrons. The summed E-state index contributed by atoms with van der Waals surface area (Å²) in [6.45, 7) is 0. The molecule has 0 rings (SSSR count). The molecule has 0 heterocycles. The zero-order valence-corrected chi connectivity index (χ0v) is 6.00. The third kappa shape index (κ3) is 28.4. The second-order valence-electron chi connectivity index (χ2n) is 0.297. The van der Waals surface area contributed by atoms with E-state index in [1.165, 1.54) is 0 Å². The zero-order valence-electron chi connectivity index (χ0n) is 1.88. The van der Waals surface area contributed by atoms with E-state index in [1.807, 2.05) is 0 Å². The van der Waals surface area contributed by atoms with Gasteiger partial charge in [-0.1, -0.05) is 0 Å². The van der Waals surface area contributed by atoms with Gasteiger partial charge in [0.25, 0.3) is 0 Å². The van der Waals surface area contributed by atoms with Crippen LogP contribution in [0.25, 0.3) is 0 Å². The second-order valence-corrected chi connectivity index (χ2v) is 11.0. The first kappa shape index (κ1) is 6.60. The molecule has 0 atom stereocenters. The molecular weight excluding hydrogens is 197 g/mol. The maximum absolute atomic E-state index is 4.99. The first-order valence-electron chi connectivity index (χ1n) is 0.514. The van der Waals surface area contributed by atoms with E-state index in [9.17, 15) is 0 Å². The fraction of sp³-hybridized carbons (Fsp3) is 0. The summed E-state index contributed by atoms with van der Waals surface area (Å²) in [5.74, 6) is 0. The quantitative estimate of drug-likeness (QED) is 0.575. The van der Waals surface area contributed by atoms with Crippen LogP contribution in [0.1, 0.15) is 0 Å². The van der Waals surface area contributed by atoms with Crippen LogP contribution in [0.2, 0.25) is 0 Å². The first-order valence-corrected chi connectivity index (χ1v) is 6.36.